The van der Waals surface area contributed by atoms with Gasteiger partial charge in [0.15, 0.2) is 0 Å². The van der Waals surface area contributed by atoms with Gasteiger partial charge >= 0.3 is 0 Å². The number of sulfonamides is 1. The number of nitrogen functional groups attached to an aromatic ring is 1. The Bertz CT molecular complexity index is 1260. The Labute approximate surface area is 179 Å². The summed E-state index contributed by atoms with van der Waals surface area (Å²) in [7, 11) is -3.83. The van der Waals surface area contributed by atoms with Crippen molar-refractivity contribution in [3.05, 3.63) is 64.0 Å². The number of para-hydroxylation sites is 1. The van der Waals surface area contributed by atoms with Gasteiger partial charge in [-0.25, -0.2) is 18.4 Å². The van der Waals surface area contributed by atoms with E-state index >= 15 is 0 Å². The number of piperazine rings is 1. The molecule has 2 N–H and O–H groups in total. The van der Waals surface area contributed by atoms with Gasteiger partial charge in [0.1, 0.15) is 11.6 Å². The minimum atomic E-state index is -3.83. The van der Waals surface area contributed by atoms with Gasteiger partial charge in [0, 0.05) is 43.7 Å². The Kier molecular flexibility index (Phi) is 5.56. The molecule has 10 nitrogen and oxygen atoms in total. The summed E-state index contributed by atoms with van der Waals surface area (Å²) in [5, 5.41) is 11.9. The van der Waals surface area contributed by atoms with Crippen molar-refractivity contribution >= 4 is 32.4 Å². The van der Waals surface area contributed by atoms with E-state index in [-0.39, 0.29) is 23.7 Å². The van der Waals surface area contributed by atoms with E-state index in [4.69, 9.17) is 5.73 Å². The zero-order chi connectivity index (χ0) is 22.2. The number of nitrogens with zero attached hydrogens (tertiary/aromatic N) is 5. The molecule has 162 valence electrons. The van der Waals surface area contributed by atoms with Crippen molar-refractivity contribution in [2.24, 2.45) is 0 Å². The molecule has 1 aromatic heterocycles. The van der Waals surface area contributed by atoms with Gasteiger partial charge in [0.25, 0.3) is 5.69 Å². The van der Waals surface area contributed by atoms with Crippen LogP contribution in [0.3, 0.4) is 0 Å². The van der Waals surface area contributed by atoms with Gasteiger partial charge in [0.2, 0.25) is 10.0 Å². The van der Waals surface area contributed by atoms with Crippen LogP contribution in [0.5, 0.6) is 0 Å². The van der Waals surface area contributed by atoms with Gasteiger partial charge in [-0.05, 0) is 24.6 Å². The highest BCUT2D eigenvalue weighted by Gasteiger charge is 2.31. The summed E-state index contributed by atoms with van der Waals surface area (Å²) >= 11 is 0. The van der Waals surface area contributed by atoms with E-state index in [9.17, 15) is 18.5 Å². The number of nitrogens with two attached hydrogens (primary N) is 1. The van der Waals surface area contributed by atoms with Gasteiger partial charge < -0.3 is 5.73 Å². The number of hydrogen-bond donors (Lipinski definition) is 1. The first kappa shape index (κ1) is 21.1. The summed E-state index contributed by atoms with van der Waals surface area (Å²) in [6, 6.07) is 11.4. The van der Waals surface area contributed by atoms with Crippen LogP contribution in [-0.2, 0) is 16.6 Å². The van der Waals surface area contributed by atoms with Crippen LogP contribution in [-0.4, -0.2) is 58.7 Å². The lowest BCUT2D eigenvalue weighted by molar-refractivity contribution is -0.385. The lowest BCUT2D eigenvalue weighted by atomic mass is 10.2. The Hall–Kier alpha value is -3.15. The predicted molar refractivity (Wildman–Crippen MR) is 116 cm³/mol. The fraction of sp³-hybridized carbons (Fsp3) is 0.300. The number of hydrogen-bond acceptors (Lipinski definition) is 8. The Morgan fingerprint density at radius 2 is 1.81 bits per heavy atom. The molecule has 11 heteroatoms. The predicted octanol–water partition coefficient (Wildman–Crippen LogP) is 1.94. The van der Waals surface area contributed by atoms with E-state index < -0.39 is 14.9 Å². The Morgan fingerprint density at radius 3 is 2.52 bits per heavy atom. The van der Waals surface area contributed by atoms with Crippen LogP contribution in [0.1, 0.15) is 11.4 Å². The van der Waals surface area contributed by atoms with Crippen LogP contribution >= 0.6 is 0 Å². The molecule has 3 aromatic rings. The smallest absolute Gasteiger partial charge is 0.270 e. The maximum Gasteiger partial charge on any atom is 0.270 e. The molecule has 1 aliphatic rings. The Morgan fingerprint density at radius 1 is 1.10 bits per heavy atom. The van der Waals surface area contributed by atoms with Crippen molar-refractivity contribution in [2.45, 2.75) is 18.4 Å². The SMILES string of the molecule is Cc1ccc([N+](=O)[O-])cc1S(=O)(=O)N1CCN(Cc2nc(N)c3ccccc3n2)CC1. The van der Waals surface area contributed by atoms with Gasteiger partial charge in [-0.1, -0.05) is 18.2 Å². The fourth-order valence-electron chi connectivity index (χ4n) is 3.67. The lowest BCUT2D eigenvalue weighted by Gasteiger charge is -2.33. The molecule has 1 aliphatic heterocycles. The number of aryl methyl sites for hydroxylation is 1. The molecule has 2 heterocycles. The molecule has 0 unspecified atom stereocenters. The summed E-state index contributed by atoms with van der Waals surface area (Å²) in [6.07, 6.45) is 0. The lowest BCUT2D eigenvalue weighted by Crippen LogP contribution is -2.48. The number of aromatic nitrogens is 2. The van der Waals surface area contributed by atoms with Crippen molar-refractivity contribution in [2.75, 3.05) is 31.9 Å². The molecular formula is C20H22N6O4S. The highest BCUT2D eigenvalue weighted by atomic mass is 32.2. The minimum Gasteiger partial charge on any atom is -0.383 e. The first-order valence-corrected chi connectivity index (χ1v) is 11.2. The topological polar surface area (TPSA) is 136 Å². The summed E-state index contributed by atoms with van der Waals surface area (Å²) in [5.74, 6) is 1.00. The quantitative estimate of drug-likeness (QED) is 0.468. The number of anilines is 1. The van der Waals surface area contributed by atoms with Crippen LogP contribution in [0.4, 0.5) is 11.5 Å². The number of rotatable bonds is 5. The molecule has 2 aromatic carbocycles. The van der Waals surface area contributed by atoms with Gasteiger partial charge in [-0.3, -0.25) is 15.0 Å². The maximum atomic E-state index is 13.1. The molecule has 0 spiro atoms. The van der Waals surface area contributed by atoms with Gasteiger partial charge in [0.05, 0.1) is 21.9 Å². The zero-order valence-corrected chi connectivity index (χ0v) is 17.7. The molecule has 4 rings (SSSR count). The third-order valence-electron chi connectivity index (χ3n) is 5.38. The average molecular weight is 443 g/mol. The number of nitro benzene ring substituents is 1. The number of non-ortho nitro benzene ring substituents is 1. The molecule has 0 radical (unpaired) electrons. The van der Waals surface area contributed by atoms with E-state index in [2.05, 4.69) is 14.9 Å². The van der Waals surface area contributed by atoms with Crippen LogP contribution in [0.2, 0.25) is 0 Å². The van der Waals surface area contributed by atoms with E-state index in [1.807, 2.05) is 24.3 Å². The monoisotopic (exact) mass is 442 g/mol. The summed E-state index contributed by atoms with van der Waals surface area (Å²) in [6.45, 7) is 3.61. The minimum absolute atomic E-state index is 0.0270. The molecule has 0 amide bonds. The highest BCUT2D eigenvalue weighted by molar-refractivity contribution is 7.89. The van der Waals surface area contributed by atoms with E-state index in [0.717, 1.165) is 17.0 Å². The average Bonchev–Trinajstić information content (AvgIpc) is 2.74. The molecular weight excluding hydrogens is 420 g/mol. The van der Waals surface area contributed by atoms with Crippen LogP contribution in [0.15, 0.2) is 47.4 Å². The second-order valence-corrected chi connectivity index (χ2v) is 9.34. The number of fused-ring (bicyclic) bond motifs is 1. The molecule has 1 fully saturated rings. The van der Waals surface area contributed by atoms with Gasteiger partial charge in [-0.15, -0.1) is 0 Å². The number of nitro groups is 1. The fourth-order valence-corrected chi connectivity index (χ4v) is 5.34. The first-order valence-electron chi connectivity index (χ1n) is 9.74. The third-order valence-corrected chi connectivity index (χ3v) is 7.42. The second kappa shape index (κ2) is 8.17. The zero-order valence-electron chi connectivity index (χ0n) is 16.9. The Balaban J connectivity index is 1.47. The van der Waals surface area contributed by atoms with E-state index in [0.29, 0.717) is 36.8 Å². The molecule has 31 heavy (non-hydrogen) atoms. The van der Waals surface area contributed by atoms with E-state index in [1.54, 1.807) is 6.92 Å². The maximum absolute atomic E-state index is 13.1. The van der Waals surface area contributed by atoms with Crippen LogP contribution in [0.25, 0.3) is 10.9 Å². The van der Waals surface area contributed by atoms with Crippen molar-refractivity contribution in [3.63, 3.8) is 0 Å². The van der Waals surface area contributed by atoms with Gasteiger partial charge in [-0.2, -0.15) is 4.31 Å². The second-order valence-electron chi connectivity index (χ2n) is 7.43. The first-order chi connectivity index (χ1) is 14.8. The summed E-state index contributed by atoms with van der Waals surface area (Å²) < 4.78 is 27.5. The summed E-state index contributed by atoms with van der Waals surface area (Å²) in [4.78, 5) is 21.4. The van der Waals surface area contributed by atoms with Crippen LogP contribution < -0.4 is 5.73 Å². The molecule has 0 aliphatic carbocycles. The molecule has 1 saturated heterocycles. The van der Waals surface area contributed by atoms with Crippen molar-refractivity contribution in [1.29, 1.82) is 0 Å². The van der Waals surface area contributed by atoms with Crippen molar-refractivity contribution in [1.82, 2.24) is 19.2 Å². The third kappa shape index (κ3) is 4.20. The molecule has 0 saturated carbocycles. The molecule has 0 atom stereocenters. The standard InChI is InChI=1S/C20H22N6O4S/c1-14-6-7-15(26(27)28)12-18(14)31(29,30)25-10-8-24(9-11-25)13-19-22-17-5-3-2-4-16(17)20(21)23-19/h2-7,12H,8-11,13H2,1H3,(H2,21,22,23). The van der Waals surface area contributed by atoms with E-state index in [1.165, 1.54) is 16.4 Å². The number of benzene rings is 2. The van der Waals surface area contributed by atoms with Crippen molar-refractivity contribution in [3.8, 4) is 0 Å². The molecule has 0 bridgehead atoms. The highest BCUT2D eigenvalue weighted by Crippen LogP contribution is 2.26. The normalized spacial score (nSPS) is 15.9. The van der Waals surface area contributed by atoms with Crippen LogP contribution in [0, 0.1) is 17.0 Å². The largest absolute Gasteiger partial charge is 0.383 e. The van der Waals surface area contributed by atoms with Crippen molar-refractivity contribution < 1.29 is 13.3 Å². The summed E-state index contributed by atoms with van der Waals surface area (Å²) in [5.41, 5.74) is 7.06.